The van der Waals surface area contributed by atoms with Crippen LogP contribution in [0.25, 0.3) is 0 Å². The van der Waals surface area contributed by atoms with Crippen molar-refractivity contribution < 1.29 is 14.3 Å². The molecule has 2 N–H and O–H groups in total. The zero-order valence-corrected chi connectivity index (χ0v) is 4.92. The lowest BCUT2D eigenvalue weighted by molar-refractivity contribution is -0.747. The van der Waals surface area contributed by atoms with Gasteiger partial charge in [-0.05, 0) is 5.27 Å². The Hall–Kier alpha value is -1.10. The molecule has 5 heteroatoms. The van der Waals surface area contributed by atoms with Gasteiger partial charge in [-0.25, -0.2) is 4.79 Å². The molecule has 0 aromatic carbocycles. The van der Waals surface area contributed by atoms with Gasteiger partial charge in [0, 0.05) is 0 Å². The Morgan fingerprint density at radius 3 is 2.78 bits per heavy atom. The smallest absolute Gasteiger partial charge is 0.385 e. The second-order valence-electron chi connectivity index (χ2n) is 1.64. The summed E-state index contributed by atoms with van der Waals surface area (Å²) in [5.41, 5.74) is -0.310. The maximum atomic E-state index is 10.5. The molecular formula is C4H7N2O3+. The third kappa shape index (κ3) is 0.857. The monoisotopic (exact) mass is 131 g/mol. The van der Waals surface area contributed by atoms with Crippen LogP contribution in [0.2, 0.25) is 0 Å². The Bertz CT molecular complexity index is 249. The Balaban J connectivity index is 3.23. The lowest BCUT2D eigenvalue weighted by Gasteiger charge is -1.76. The summed E-state index contributed by atoms with van der Waals surface area (Å²) in [7, 11) is 1.58. The third-order valence-corrected chi connectivity index (χ3v) is 1.07. The fraction of sp³-hybridized carbons (Fsp3) is 0.500. The molecule has 0 fully saturated rings. The van der Waals surface area contributed by atoms with Crippen LogP contribution in [0.4, 0.5) is 0 Å². The first-order valence-corrected chi connectivity index (χ1v) is 2.43. The van der Waals surface area contributed by atoms with Crippen LogP contribution in [0.15, 0.2) is 9.32 Å². The van der Waals surface area contributed by atoms with Gasteiger partial charge in [-0.2, -0.15) is 0 Å². The second-order valence-corrected chi connectivity index (χ2v) is 1.64. The molecular weight excluding hydrogens is 124 g/mol. The highest BCUT2D eigenvalue weighted by molar-refractivity contribution is 4.77. The summed E-state index contributed by atoms with van der Waals surface area (Å²) in [4.78, 5) is 10.5. The number of hydrogen-bond acceptors (Lipinski definition) is 3. The average molecular weight is 131 g/mol. The number of hydrogen-bond donors (Lipinski definition) is 2. The van der Waals surface area contributed by atoms with E-state index in [1.54, 1.807) is 7.05 Å². The molecule has 0 aliphatic carbocycles. The number of aryl methyl sites for hydroxylation is 1. The molecule has 0 aliphatic rings. The Labute approximate surface area is 50.5 Å². The van der Waals surface area contributed by atoms with Crippen molar-refractivity contribution in [1.82, 2.24) is 5.27 Å². The molecule has 5 nitrogen and oxygen atoms in total. The Kier molecular flexibility index (Phi) is 1.35. The number of aliphatic hydroxyl groups excluding tert-OH is 1. The predicted octanol–water partition coefficient (Wildman–Crippen LogP) is -1.72. The van der Waals surface area contributed by atoms with Crippen molar-refractivity contribution in [2.75, 3.05) is 0 Å². The summed E-state index contributed by atoms with van der Waals surface area (Å²) in [5, 5.41) is 10.7. The summed E-state index contributed by atoms with van der Waals surface area (Å²) >= 11 is 0. The van der Waals surface area contributed by atoms with Crippen LogP contribution in [0.5, 0.6) is 0 Å². The summed E-state index contributed by atoms with van der Waals surface area (Å²) in [6.45, 7) is -0.303. The molecule has 1 rings (SSSR count). The summed E-state index contributed by atoms with van der Waals surface area (Å²) < 4.78 is 5.63. The molecule has 0 aliphatic heterocycles. The van der Waals surface area contributed by atoms with Crippen LogP contribution >= 0.6 is 0 Å². The van der Waals surface area contributed by atoms with Crippen molar-refractivity contribution in [2.45, 2.75) is 6.61 Å². The average Bonchev–Trinajstić information content (AvgIpc) is 2.12. The largest absolute Gasteiger partial charge is 0.432 e. The predicted molar refractivity (Wildman–Crippen MR) is 26.4 cm³/mol. The van der Waals surface area contributed by atoms with E-state index in [2.05, 4.69) is 9.79 Å². The number of H-pyrrole nitrogens is 1. The highest BCUT2D eigenvalue weighted by Crippen LogP contribution is 1.74. The lowest BCUT2D eigenvalue weighted by Crippen LogP contribution is -2.36. The van der Waals surface area contributed by atoms with Gasteiger partial charge in [0.2, 0.25) is 0 Å². The number of nitrogens with zero attached hydrogens (tertiary/aromatic N) is 1. The van der Waals surface area contributed by atoms with Crippen molar-refractivity contribution >= 4 is 0 Å². The van der Waals surface area contributed by atoms with Gasteiger partial charge in [-0.3, -0.25) is 4.52 Å². The van der Waals surface area contributed by atoms with Crippen LogP contribution in [-0.4, -0.2) is 10.4 Å². The summed E-state index contributed by atoms with van der Waals surface area (Å²) in [6, 6.07) is 0. The highest BCUT2D eigenvalue weighted by atomic mass is 16.5. The number of nitrogens with one attached hydrogen (secondary N) is 1. The first-order chi connectivity index (χ1) is 4.25. The standard InChI is InChI=1S/C4H6N2O3/c1-6-3(2-7)4(8)9-5-6/h7H,2H2,1H3/p+1. The van der Waals surface area contributed by atoms with Gasteiger partial charge in [0.05, 0.1) is 0 Å². The first-order valence-electron chi connectivity index (χ1n) is 2.43. The molecule has 0 amide bonds. The molecule has 1 aromatic rings. The fourth-order valence-corrected chi connectivity index (χ4v) is 0.531. The van der Waals surface area contributed by atoms with E-state index in [1.807, 2.05) is 0 Å². The number of aromatic nitrogens is 2. The van der Waals surface area contributed by atoms with E-state index in [4.69, 9.17) is 5.11 Å². The van der Waals surface area contributed by atoms with E-state index in [1.165, 1.54) is 4.68 Å². The van der Waals surface area contributed by atoms with E-state index in [0.717, 1.165) is 0 Å². The molecule has 0 atom stereocenters. The van der Waals surface area contributed by atoms with Gasteiger partial charge in [-0.15, -0.1) is 0 Å². The number of aliphatic hydroxyl groups is 1. The highest BCUT2D eigenvalue weighted by Gasteiger charge is 2.13. The van der Waals surface area contributed by atoms with E-state index in [0.29, 0.717) is 0 Å². The van der Waals surface area contributed by atoms with Gasteiger partial charge >= 0.3 is 11.3 Å². The topological polar surface area (TPSA) is 70.1 Å². The minimum absolute atomic E-state index is 0.218. The fourth-order valence-electron chi connectivity index (χ4n) is 0.531. The number of aromatic amines is 1. The van der Waals surface area contributed by atoms with E-state index >= 15 is 0 Å². The molecule has 0 bridgehead atoms. The van der Waals surface area contributed by atoms with Crippen LogP contribution in [-0.2, 0) is 13.7 Å². The zero-order chi connectivity index (χ0) is 6.85. The van der Waals surface area contributed by atoms with Gasteiger partial charge in [0.25, 0.3) is 0 Å². The molecule has 0 saturated carbocycles. The van der Waals surface area contributed by atoms with Crippen molar-refractivity contribution in [3.05, 3.63) is 16.1 Å². The van der Waals surface area contributed by atoms with Gasteiger partial charge in [0.1, 0.15) is 6.61 Å². The first kappa shape index (κ1) is 6.03. The molecule has 0 radical (unpaired) electrons. The van der Waals surface area contributed by atoms with E-state index in [-0.39, 0.29) is 12.3 Å². The maximum Gasteiger partial charge on any atom is 0.432 e. The molecule has 0 saturated heterocycles. The van der Waals surface area contributed by atoms with Crippen LogP contribution in [0.1, 0.15) is 5.69 Å². The van der Waals surface area contributed by atoms with Crippen molar-refractivity contribution in [2.24, 2.45) is 7.05 Å². The molecule has 1 aromatic heterocycles. The lowest BCUT2D eigenvalue weighted by atomic mass is 10.5. The minimum atomic E-state index is -0.528. The SMILES string of the molecule is C[n+]1[nH]oc(=O)c1CO. The van der Waals surface area contributed by atoms with Gasteiger partial charge < -0.3 is 5.11 Å². The van der Waals surface area contributed by atoms with Crippen LogP contribution in [0, 0.1) is 0 Å². The third-order valence-electron chi connectivity index (χ3n) is 1.07. The molecule has 9 heavy (non-hydrogen) atoms. The Morgan fingerprint density at radius 1 is 1.89 bits per heavy atom. The Morgan fingerprint density at radius 2 is 2.56 bits per heavy atom. The van der Waals surface area contributed by atoms with Crippen LogP contribution < -0.4 is 10.3 Å². The summed E-state index contributed by atoms with van der Waals surface area (Å²) in [5.74, 6) is 0. The van der Waals surface area contributed by atoms with E-state index in [9.17, 15) is 4.79 Å². The molecule has 50 valence electrons. The number of rotatable bonds is 1. The molecule has 0 spiro atoms. The van der Waals surface area contributed by atoms with Gasteiger partial charge in [0.15, 0.2) is 7.05 Å². The molecule has 0 unspecified atom stereocenters. The zero-order valence-electron chi connectivity index (χ0n) is 4.92. The minimum Gasteiger partial charge on any atom is -0.385 e. The molecule has 1 heterocycles. The quantitative estimate of drug-likeness (QED) is 0.445. The second kappa shape index (κ2) is 2.02. The van der Waals surface area contributed by atoms with Crippen molar-refractivity contribution in [3.8, 4) is 0 Å². The van der Waals surface area contributed by atoms with Crippen molar-refractivity contribution in [3.63, 3.8) is 0 Å². The van der Waals surface area contributed by atoms with Crippen LogP contribution in [0.3, 0.4) is 0 Å². The van der Waals surface area contributed by atoms with Gasteiger partial charge in [-0.1, -0.05) is 4.68 Å². The summed E-state index contributed by atoms with van der Waals surface area (Å²) in [6.07, 6.45) is 0. The van der Waals surface area contributed by atoms with E-state index < -0.39 is 5.63 Å². The normalized spacial score (nSPS) is 10.0. The van der Waals surface area contributed by atoms with Crippen molar-refractivity contribution in [1.29, 1.82) is 0 Å². The maximum absolute atomic E-state index is 10.5.